The standard InChI is InChI=1S/C18H26OSi/c1-5-15-11-9-10-14-17(15)18(19-20(2,3)4)16-12-7-6-8-13-16/h5-8,12-13H,9-11,14H2,1-4H3/b15-5+,18-17-. The fourth-order valence-electron chi connectivity index (χ4n) is 2.70. The molecule has 1 nitrogen and oxygen atoms in total. The number of allylic oxidation sites excluding steroid dienone is 3. The van der Waals surface area contributed by atoms with Gasteiger partial charge in [0.05, 0.1) is 0 Å². The van der Waals surface area contributed by atoms with Crippen LogP contribution >= 0.6 is 0 Å². The van der Waals surface area contributed by atoms with Crippen LogP contribution in [-0.2, 0) is 4.43 Å². The topological polar surface area (TPSA) is 9.23 Å². The van der Waals surface area contributed by atoms with E-state index in [2.05, 4.69) is 63.0 Å². The predicted octanol–water partition coefficient (Wildman–Crippen LogP) is 5.77. The van der Waals surface area contributed by atoms with Gasteiger partial charge in [0.25, 0.3) is 0 Å². The molecule has 0 aromatic heterocycles. The van der Waals surface area contributed by atoms with E-state index in [1.165, 1.54) is 36.0 Å². The molecular weight excluding hydrogens is 260 g/mol. The molecule has 108 valence electrons. The SMILES string of the molecule is C/C=C1\CCCC\C1=C(\O[Si](C)(C)C)c1ccccc1. The van der Waals surface area contributed by atoms with E-state index in [0.717, 1.165) is 12.2 Å². The molecule has 0 N–H and O–H groups in total. The van der Waals surface area contributed by atoms with E-state index in [1.54, 1.807) is 0 Å². The Morgan fingerprint density at radius 3 is 2.30 bits per heavy atom. The maximum Gasteiger partial charge on any atom is 0.242 e. The van der Waals surface area contributed by atoms with Crippen molar-refractivity contribution in [2.75, 3.05) is 0 Å². The molecule has 0 heterocycles. The molecule has 2 heteroatoms. The molecular formula is C18H26OSi. The van der Waals surface area contributed by atoms with Gasteiger partial charge in [-0.15, -0.1) is 0 Å². The molecule has 1 fully saturated rings. The molecule has 0 unspecified atom stereocenters. The lowest BCUT2D eigenvalue weighted by atomic mass is 9.87. The van der Waals surface area contributed by atoms with Gasteiger partial charge in [-0.25, -0.2) is 0 Å². The fourth-order valence-corrected chi connectivity index (χ4v) is 3.55. The monoisotopic (exact) mass is 286 g/mol. The summed E-state index contributed by atoms with van der Waals surface area (Å²) in [5, 5.41) is 0. The lowest BCUT2D eigenvalue weighted by molar-refractivity contribution is 0.502. The van der Waals surface area contributed by atoms with Gasteiger partial charge >= 0.3 is 0 Å². The van der Waals surface area contributed by atoms with E-state index >= 15 is 0 Å². The highest BCUT2D eigenvalue weighted by Crippen LogP contribution is 2.36. The fraction of sp³-hybridized carbons (Fsp3) is 0.444. The largest absolute Gasteiger partial charge is 0.544 e. The van der Waals surface area contributed by atoms with E-state index in [-0.39, 0.29) is 0 Å². The van der Waals surface area contributed by atoms with Gasteiger partial charge < -0.3 is 4.43 Å². The maximum absolute atomic E-state index is 6.47. The Bertz CT molecular complexity index is 506. The average Bonchev–Trinajstić information content (AvgIpc) is 2.45. The Kier molecular flexibility index (Phi) is 4.87. The van der Waals surface area contributed by atoms with Crippen LogP contribution in [-0.4, -0.2) is 8.32 Å². The van der Waals surface area contributed by atoms with Gasteiger partial charge in [-0.05, 0) is 63.4 Å². The lowest BCUT2D eigenvalue weighted by Crippen LogP contribution is -2.25. The number of rotatable bonds is 3. The third kappa shape index (κ3) is 3.86. The zero-order valence-corrected chi connectivity index (χ0v) is 14.2. The quantitative estimate of drug-likeness (QED) is 0.506. The normalized spacial score (nSPS) is 20.9. The Morgan fingerprint density at radius 1 is 1.05 bits per heavy atom. The summed E-state index contributed by atoms with van der Waals surface area (Å²) >= 11 is 0. The van der Waals surface area contributed by atoms with Crippen LogP contribution in [0.4, 0.5) is 0 Å². The molecule has 20 heavy (non-hydrogen) atoms. The van der Waals surface area contributed by atoms with Crippen LogP contribution in [0, 0.1) is 0 Å². The second kappa shape index (κ2) is 6.44. The summed E-state index contributed by atoms with van der Waals surface area (Å²) in [5.41, 5.74) is 4.15. The maximum atomic E-state index is 6.47. The highest BCUT2D eigenvalue weighted by atomic mass is 28.4. The molecule has 1 aromatic carbocycles. The summed E-state index contributed by atoms with van der Waals surface area (Å²) in [7, 11) is -1.61. The minimum absolute atomic E-state index is 1.14. The zero-order chi connectivity index (χ0) is 14.6. The van der Waals surface area contributed by atoms with Gasteiger partial charge in [-0.2, -0.15) is 0 Å². The van der Waals surface area contributed by atoms with Crippen LogP contribution in [0.2, 0.25) is 19.6 Å². The Labute approximate surface area is 124 Å². The summed E-state index contributed by atoms with van der Waals surface area (Å²) in [6.07, 6.45) is 7.19. The molecule has 1 aliphatic rings. The van der Waals surface area contributed by atoms with Crippen LogP contribution in [0.3, 0.4) is 0 Å². The van der Waals surface area contributed by atoms with Gasteiger partial charge in [0.1, 0.15) is 5.76 Å². The average molecular weight is 286 g/mol. The molecule has 1 saturated carbocycles. The van der Waals surface area contributed by atoms with Crippen LogP contribution < -0.4 is 0 Å². The van der Waals surface area contributed by atoms with Crippen molar-refractivity contribution in [3.05, 3.63) is 53.1 Å². The van der Waals surface area contributed by atoms with Gasteiger partial charge in [0, 0.05) is 5.56 Å². The first-order valence-corrected chi connectivity index (χ1v) is 11.1. The van der Waals surface area contributed by atoms with E-state index < -0.39 is 8.32 Å². The summed E-state index contributed by atoms with van der Waals surface area (Å²) in [6.45, 7) is 8.93. The van der Waals surface area contributed by atoms with Gasteiger partial charge in [0.15, 0.2) is 0 Å². The Morgan fingerprint density at radius 2 is 1.70 bits per heavy atom. The first kappa shape index (κ1) is 15.1. The van der Waals surface area contributed by atoms with Gasteiger partial charge in [-0.1, -0.05) is 36.4 Å². The van der Waals surface area contributed by atoms with Crippen molar-refractivity contribution >= 4 is 14.1 Å². The number of benzene rings is 1. The van der Waals surface area contributed by atoms with Gasteiger partial charge in [-0.3, -0.25) is 0 Å². The van der Waals surface area contributed by atoms with Crippen molar-refractivity contribution in [3.63, 3.8) is 0 Å². The van der Waals surface area contributed by atoms with E-state index in [0.29, 0.717) is 0 Å². The minimum atomic E-state index is -1.61. The highest BCUT2D eigenvalue weighted by molar-refractivity contribution is 6.70. The van der Waals surface area contributed by atoms with Crippen LogP contribution in [0.5, 0.6) is 0 Å². The first-order valence-electron chi connectivity index (χ1n) is 7.64. The Balaban J connectivity index is 2.50. The smallest absolute Gasteiger partial charge is 0.242 e. The van der Waals surface area contributed by atoms with E-state index in [1.807, 2.05) is 0 Å². The van der Waals surface area contributed by atoms with E-state index in [9.17, 15) is 0 Å². The molecule has 1 aromatic rings. The molecule has 0 radical (unpaired) electrons. The number of hydrogen-bond acceptors (Lipinski definition) is 1. The van der Waals surface area contributed by atoms with Crippen molar-refractivity contribution in [2.24, 2.45) is 0 Å². The molecule has 0 spiro atoms. The van der Waals surface area contributed by atoms with Crippen molar-refractivity contribution in [2.45, 2.75) is 52.2 Å². The van der Waals surface area contributed by atoms with Crippen molar-refractivity contribution in [3.8, 4) is 0 Å². The summed E-state index contributed by atoms with van der Waals surface area (Å²) in [4.78, 5) is 0. The number of hydrogen-bond donors (Lipinski definition) is 0. The van der Waals surface area contributed by atoms with Crippen molar-refractivity contribution in [1.29, 1.82) is 0 Å². The molecule has 0 aliphatic heterocycles. The third-order valence-corrected chi connectivity index (χ3v) is 4.39. The van der Waals surface area contributed by atoms with Crippen molar-refractivity contribution < 1.29 is 4.43 Å². The first-order chi connectivity index (χ1) is 9.51. The summed E-state index contributed by atoms with van der Waals surface area (Å²) < 4.78 is 6.47. The van der Waals surface area contributed by atoms with Gasteiger partial charge in [0.2, 0.25) is 8.32 Å². The van der Waals surface area contributed by atoms with Crippen molar-refractivity contribution in [1.82, 2.24) is 0 Å². The van der Waals surface area contributed by atoms with Crippen LogP contribution in [0.15, 0.2) is 47.6 Å². The van der Waals surface area contributed by atoms with E-state index in [4.69, 9.17) is 4.43 Å². The molecule has 1 aliphatic carbocycles. The third-order valence-electron chi connectivity index (χ3n) is 3.58. The molecule has 0 saturated heterocycles. The van der Waals surface area contributed by atoms with Crippen LogP contribution in [0.1, 0.15) is 38.2 Å². The predicted molar refractivity (Wildman–Crippen MR) is 90.0 cm³/mol. The van der Waals surface area contributed by atoms with Crippen LogP contribution in [0.25, 0.3) is 5.76 Å². The zero-order valence-electron chi connectivity index (χ0n) is 13.2. The lowest BCUT2D eigenvalue weighted by Gasteiger charge is -2.28. The molecule has 0 atom stereocenters. The summed E-state index contributed by atoms with van der Waals surface area (Å²) in [5.74, 6) is 1.14. The second-order valence-corrected chi connectivity index (χ2v) is 10.8. The molecule has 2 rings (SSSR count). The minimum Gasteiger partial charge on any atom is -0.544 e. The summed E-state index contributed by atoms with van der Waals surface area (Å²) in [6, 6.07) is 10.6. The second-order valence-electron chi connectivity index (χ2n) is 6.41. The Hall–Kier alpha value is -1.28. The highest BCUT2D eigenvalue weighted by Gasteiger charge is 2.23. The molecule has 0 amide bonds. The molecule has 0 bridgehead atoms.